The molecule has 0 aliphatic heterocycles. The SMILES string of the molecule is Cc1sc(C(Cl)c2cc(Cl)cc(Cl)c2)cc1Br. The van der Waals surface area contributed by atoms with E-state index in [2.05, 4.69) is 15.9 Å². The topological polar surface area (TPSA) is 0 Å². The third-order valence-corrected chi connectivity index (χ3v) is 5.56. The quantitative estimate of drug-likeness (QED) is 0.533. The number of halogens is 4. The van der Waals surface area contributed by atoms with E-state index in [1.54, 1.807) is 17.4 Å². The lowest BCUT2D eigenvalue weighted by Gasteiger charge is -2.08. The second kappa shape index (κ2) is 5.50. The van der Waals surface area contributed by atoms with Crippen LogP contribution in [0, 0.1) is 6.92 Å². The Morgan fingerprint density at radius 2 is 1.71 bits per heavy atom. The van der Waals surface area contributed by atoms with E-state index in [1.807, 2.05) is 25.1 Å². The lowest BCUT2D eigenvalue weighted by atomic mass is 10.1. The van der Waals surface area contributed by atoms with Gasteiger partial charge in [0, 0.05) is 24.3 Å². The number of hydrogen-bond donors (Lipinski definition) is 0. The summed E-state index contributed by atoms with van der Waals surface area (Å²) < 4.78 is 1.08. The van der Waals surface area contributed by atoms with Crippen molar-refractivity contribution in [3.63, 3.8) is 0 Å². The van der Waals surface area contributed by atoms with Crippen LogP contribution in [0.1, 0.15) is 20.7 Å². The van der Waals surface area contributed by atoms with Gasteiger partial charge in [0.15, 0.2) is 0 Å². The number of hydrogen-bond acceptors (Lipinski definition) is 1. The van der Waals surface area contributed by atoms with E-state index in [-0.39, 0.29) is 5.38 Å². The molecular formula is C12H8BrCl3S. The average Bonchev–Trinajstić information content (AvgIpc) is 2.57. The zero-order valence-electron chi connectivity index (χ0n) is 8.81. The zero-order chi connectivity index (χ0) is 12.6. The van der Waals surface area contributed by atoms with Gasteiger partial charge in [0.2, 0.25) is 0 Å². The summed E-state index contributed by atoms with van der Waals surface area (Å²) in [6, 6.07) is 7.42. The second-order valence-corrected chi connectivity index (χ2v) is 7.07. The van der Waals surface area contributed by atoms with Gasteiger partial charge >= 0.3 is 0 Å². The van der Waals surface area contributed by atoms with Crippen LogP contribution in [-0.4, -0.2) is 0 Å². The molecule has 0 aliphatic carbocycles. The molecule has 1 aromatic heterocycles. The molecule has 1 aromatic carbocycles. The molecule has 0 saturated carbocycles. The monoisotopic (exact) mass is 368 g/mol. The van der Waals surface area contributed by atoms with Gasteiger partial charge in [-0.05, 0) is 52.7 Å². The highest BCUT2D eigenvalue weighted by atomic mass is 79.9. The van der Waals surface area contributed by atoms with Gasteiger partial charge in [-0.2, -0.15) is 0 Å². The van der Waals surface area contributed by atoms with Crippen LogP contribution >= 0.6 is 62.1 Å². The summed E-state index contributed by atoms with van der Waals surface area (Å²) in [7, 11) is 0. The van der Waals surface area contributed by atoms with E-state index < -0.39 is 0 Å². The van der Waals surface area contributed by atoms with Crippen molar-refractivity contribution in [3.05, 3.63) is 54.1 Å². The molecule has 1 unspecified atom stereocenters. The van der Waals surface area contributed by atoms with Crippen LogP contribution in [0.3, 0.4) is 0 Å². The predicted molar refractivity (Wildman–Crippen MR) is 80.9 cm³/mol. The molecule has 0 amide bonds. The van der Waals surface area contributed by atoms with Crippen molar-refractivity contribution in [1.82, 2.24) is 0 Å². The Bertz CT molecular complexity index is 511. The van der Waals surface area contributed by atoms with Crippen LogP contribution in [-0.2, 0) is 0 Å². The highest BCUT2D eigenvalue weighted by Crippen LogP contribution is 2.38. The minimum Gasteiger partial charge on any atom is -0.143 e. The Hall–Kier alpha value is 0.270. The number of alkyl halides is 1. The van der Waals surface area contributed by atoms with Gasteiger partial charge in [0.1, 0.15) is 0 Å². The van der Waals surface area contributed by atoms with E-state index in [0.29, 0.717) is 10.0 Å². The van der Waals surface area contributed by atoms with E-state index in [1.165, 1.54) is 4.88 Å². The molecule has 90 valence electrons. The molecule has 0 spiro atoms. The fourth-order valence-electron chi connectivity index (χ4n) is 1.49. The summed E-state index contributed by atoms with van der Waals surface area (Å²) in [5, 5.41) is 0.984. The van der Waals surface area contributed by atoms with E-state index in [9.17, 15) is 0 Å². The van der Waals surface area contributed by atoms with Gasteiger partial charge in [0.05, 0.1) is 5.38 Å². The van der Waals surface area contributed by atoms with E-state index in [4.69, 9.17) is 34.8 Å². The summed E-state index contributed by atoms with van der Waals surface area (Å²) >= 11 is 23.5. The fourth-order valence-corrected chi connectivity index (χ4v) is 3.92. The first kappa shape index (κ1) is 13.7. The maximum Gasteiger partial charge on any atom is 0.0929 e. The minimum atomic E-state index is -0.221. The molecule has 0 saturated heterocycles. The molecule has 0 radical (unpaired) electrons. The summed E-state index contributed by atoms with van der Waals surface area (Å²) in [6.07, 6.45) is 0. The van der Waals surface area contributed by atoms with Crippen molar-refractivity contribution in [3.8, 4) is 0 Å². The van der Waals surface area contributed by atoms with Crippen LogP contribution < -0.4 is 0 Å². The largest absolute Gasteiger partial charge is 0.143 e. The molecule has 0 bridgehead atoms. The lowest BCUT2D eigenvalue weighted by molar-refractivity contribution is 1.18. The molecule has 0 N–H and O–H groups in total. The summed E-state index contributed by atoms with van der Waals surface area (Å²) in [6.45, 7) is 2.05. The Kier molecular flexibility index (Phi) is 4.43. The molecule has 2 aromatic rings. The van der Waals surface area contributed by atoms with Gasteiger partial charge in [-0.25, -0.2) is 0 Å². The Morgan fingerprint density at radius 3 is 2.18 bits per heavy atom. The number of thiophene rings is 1. The van der Waals surface area contributed by atoms with Crippen LogP contribution in [0.2, 0.25) is 10.0 Å². The van der Waals surface area contributed by atoms with Gasteiger partial charge in [-0.1, -0.05) is 23.2 Å². The number of aryl methyl sites for hydroxylation is 1. The third-order valence-electron chi connectivity index (χ3n) is 2.30. The molecule has 0 fully saturated rings. The minimum absolute atomic E-state index is 0.221. The molecule has 2 rings (SSSR count). The van der Waals surface area contributed by atoms with Crippen molar-refractivity contribution >= 4 is 62.1 Å². The van der Waals surface area contributed by atoms with Gasteiger partial charge in [0.25, 0.3) is 0 Å². The molecule has 1 atom stereocenters. The van der Waals surface area contributed by atoms with E-state index in [0.717, 1.165) is 14.9 Å². The van der Waals surface area contributed by atoms with Crippen molar-refractivity contribution in [2.24, 2.45) is 0 Å². The number of benzene rings is 1. The van der Waals surface area contributed by atoms with Crippen LogP contribution in [0.4, 0.5) is 0 Å². The molecule has 0 aliphatic rings. The van der Waals surface area contributed by atoms with Crippen molar-refractivity contribution in [2.75, 3.05) is 0 Å². The first-order valence-electron chi connectivity index (χ1n) is 4.83. The number of rotatable bonds is 2. The van der Waals surface area contributed by atoms with Gasteiger partial charge in [-0.3, -0.25) is 0 Å². The maximum atomic E-state index is 6.43. The molecule has 5 heteroatoms. The van der Waals surface area contributed by atoms with Gasteiger partial charge < -0.3 is 0 Å². The smallest absolute Gasteiger partial charge is 0.0929 e. The van der Waals surface area contributed by atoms with Crippen LogP contribution in [0.15, 0.2) is 28.7 Å². The second-order valence-electron chi connectivity index (χ2n) is 3.62. The van der Waals surface area contributed by atoms with Crippen molar-refractivity contribution in [2.45, 2.75) is 12.3 Å². The highest BCUT2D eigenvalue weighted by molar-refractivity contribution is 9.10. The molecular weight excluding hydrogens is 362 g/mol. The summed E-state index contributed by atoms with van der Waals surface area (Å²) in [5.74, 6) is 0. The Labute approximate surface area is 128 Å². The lowest BCUT2D eigenvalue weighted by Crippen LogP contribution is -1.90. The van der Waals surface area contributed by atoms with Crippen molar-refractivity contribution < 1.29 is 0 Å². The summed E-state index contributed by atoms with van der Waals surface area (Å²) in [4.78, 5) is 2.29. The van der Waals surface area contributed by atoms with Gasteiger partial charge in [-0.15, -0.1) is 22.9 Å². The standard InChI is InChI=1S/C12H8BrCl3S/c1-6-10(13)5-11(17-6)12(16)7-2-8(14)4-9(15)3-7/h2-5,12H,1H3. The molecule has 1 heterocycles. The average molecular weight is 371 g/mol. The zero-order valence-corrected chi connectivity index (χ0v) is 13.5. The van der Waals surface area contributed by atoms with Crippen LogP contribution in [0.5, 0.6) is 0 Å². The first-order valence-corrected chi connectivity index (χ1v) is 7.63. The Balaban J connectivity index is 2.39. The highest BCUT2D eigenvalue weighted by Gasteiger charge is 2.15. The fraction of sp³-hybridized carbons (Fsp3) is 0.167. The third kappa shape index (κ3) is 3.18. The normalized spacial score (nSPS) is 12.8. The first-order chi connectivity index (χ1) is 7.97. The van der Waals surface area contributed by atoms with E-state index >= 15 is 0 Å². The Morgan fingerprint density at radius 1 is 1.12 bits per heavy atom. The summed E-state index contributed by atoms with van der Waals surface area (Å²) in [5.41, 5.74) is 0.915. The van der Waals surface area contributed by atoms with Crippen LogP contribution in [0.25, 0.3) is 0 Å². The predicted octanol–water partition coefficient (Wildman–Crippen LogP) is 6.45. The molecule has 0 nitrogen and oxygen atoms in total. The van der Waals surface area contributed by atoms with Crippen molar-refractivity contribution in [1.29, 1.82) is 0 Å². The molecule has 17 heavy (non-hydrogen) atoms. The maximum absolute atomic E-state index is 6.43.